The third kappa shape index (κ3) is 3.79. The summed E-state index contributed by atoms with van der Waals surface area (Å²) in [5, 5.41) is -1.48. The first-order valence-corrected chi connectivity index (χ1v) is 6.14. The summed E-state index contributed by atoms with van der Waals surface area (Å²) in [6.07, 6.45) is 0. The van der Waals surface area contributed by atoms with E-state index in [1.807, 2.05) is 13.8 Å². The molecule has 0 N–H and O–H groups in total. The molecule has 0 aliphatic rings. The van der Waals surface area contributed by atoms with Crippen molar-refractivity contribution in [2.45, 2.75) is 19.2 Å². The van der Waals surface area contributed by atoms with Crippen molar-refractivity contribution in [1.82, 2.24) is 0 Å². The molecular formula is C12H14Cl2O3. The standard InChI is InChI=1S/C12H14Cl2O3/c1-3-16-9-6-5-8(11(13)12(14)15)7-10(9)17-4-2/h5-7,11H,3-4H2,1-2H3. The molecule has 1 aromatic carbocycles. The number of halogens is 2. The fourth-order valence-electron chi connectivity index (χ4n) is 1.36. The summed E-state index contributed by atoms with van der Waals surface area (Å²) in [5.74, 6) is 1.19. The van der Waals surface area contributed by atoms with Crippen LogP contribution in [0.5, 0.6) is 11.5 Å². The fraction of sp³-hybridized carbons (Fsp3) is 0.417. The highest BCUT2D eigenvalue weighted by Gasteiger charge is 2.17. The molecule has 0 bridgehead atoms. The maximum absolute atomic E-state index is 11.0. The molecular weight excluding hydrogens is 263 g/mol. The van der Waals surface area contributed by atoms with Crippen molar-refractivity contribution in [2.24, 2.45) is 0 Å². The van der Waals surface area contributed by atoms with Crippen LogP contribution in [0.15, 0.2) is 18.2 Å². The lowest BCUT2D eigenvalue weighted by Gasteiger charge is -2.13. The maximum atomic E-state index is 11.0. The van der Waals surface area contributed by atoms with Gasteiger partial charge in [0.05, 0.1) is 13.2 Å². The first-order chi connectivity index (χ1) is 8.10. The van der Waals surface area contributed by atoms with Gasteiger partial charge in [-0.3, -0.25) is 4.79 Å². The first-order valence-electron chi connectivity index (χ1n) is 5.33. The molecule has 1 rings (SSSR count). The second kappa shape index (κ2) is 6.72. The van der Waals surface area contributed by atoms with Crippen LogP contribution in [-0.2, 0) is 4.79 Å². The predicted molar refractivity (Wildman–Crippen MR) is 68.2 cm³/mol. The summed E-state index contributed by atoms with van der Waals surface area (Å²) in [6, 6.07) is 5.09. The van der Waals surface area contributed by atoms with E-state index in [9.17, 15) is 4.79 Å². The molecule has 94 valence electrons. The van der Waals surface area contributed by atoms with Crippen LogP contribution in [-0.4, -0.2) is 18.5 Å². The Labute approximate surface area is 111 Å². The molecule has 0 aliphatic heterocycles. The zero-order valence-electron chi connectivity index (χ0n) is 9.70. The molecule has 0 saturated carbocycles. The molecule has 1 atom stereocenters. The van der Waals surface area contributed by atoms with Gasteiger partial charge in [-0.05, 0) is 43.1 Å². The Hall–Kier alpha value is -0.930. The lowest BCUT2D eigenvalue weighted by molar-refractivity contribution is -0.111. The van der Waals surface area contributed by atoms with E-state index in [0.717, 1.165) is 0 Å². The second-order valence-corrected chi connectivity index (χ2v) is 4.05. The van der Waals surface area contributed by atoms with Gasteiger partial charge in [0.15, 0.2) is 11.5 Å². The van der Waals surface area contributed by atoms with Crippen LogP contribution >= 0.6 is 23.2 Å². The van der Waals surface area contributed by atoms with Crippen LogP contribution in [0.4, 0.5) is 0 Å². The largest absolute Gasteiger partial charge is 0.490 e. The van der Waals surface area contributed by atoms with Crippen LogP contribution in [0, 0.1) is 0 Å². The molecule has 0 aromatic heterocycles. The Morgan fingerprint density at radius 1 is 1.24 bits per heavy atom. The highest BCUT2D eigenvalue weighted by molar-refractivity contribution is 6.68. The van der Waals surface area contributed by atoms with E-state index in [0.29, 0.717) is 30.3 Å². The highest BCUT2D eigenvalue weighted by Crippen LogP contribution is 2.33. The van der Waals surface area contributed by atoms with Crippen molar-refractivity contribution in [3.8, 4) is 11.5 Å². The number of rotatable bonds is 6. The first kappa shape index (κ1) is 14.1. The lowest BCUT2D eigenvalue weighted by atomic mass is 10.1. The van der Waals surface area contributed by atoms with Crippen molar-refractivity contribution >= 4 is 28.4 Å². The molecule has 0 heterocycles. The Morgan fingerprint density at radius 2 is 1.82 bits per heavy atom. The summed E-state index contributed by atoms with van der Waals surface area (Å²) >= 11 is 11.2. The van der Waals surface area contributed by atoms with Crippen molar-refractivity contribution in [2.75, 3.05) is 13.2 Å². The van der Waals surface area contributed by atoms with Crippen LogP contribution in [0.2, 0.25) is 0 Å². The van der Waals surface area contributed by atoms with Gasteiger partial charge in [-0.1, -0.05) is 6.07 Å². The predicted octanol–water partition coefficient (Wildman–Crippen LogP) is 3.53. The summed E-state index contributed by atoms with van der Waals surface area (Å²) in [7, 11) is 0. The van der Waals surface area contributed by atoms with Gasteiger partial charge in [0.1, 0.15) is 5.38 Å². The van der Waals surface area contributed by atoms with E-state index in [1.165, 1.54) is 0 Å². The summed E-state index contributed by atoms with van der Waals surface area (Å²) in [4.78, 5) is 11.0. The molecule has 1 aromatic rings. The second-order valence-electron chi connectivity index (χ2n) is 3.24. The third-order valence-electron chi connectivity index (χ3n) is 2.06. The van der Waals surface area contributed by atoms with Crippen LogP contribution in [0.25, 0.3) is 0 Å². The molecule has 0 amide bonds. The Bertz CT molecular complexity index is 393. The van der Waals surface area contributed by atoms with Crippen molar-refractivity contribution in [1.29, 1.82) is 0 Å². The molecule has 5 heteroatoms. The van der Waals surface area contributed by atoms with Gasteiger partial charge in [-0.25, -0.2) is 0 Å². The van der Waals surface area contributed by atoms with Crippen LogP contribution in [0.3, 0.4) is 0 Å². The van der Waals surface area contributed by atoms with Crippen LogP contribution in [0.1, 0.15) is 24.8 Å². The zero-order chi connectivity index (χ0) is 12.8. The molecule has 0 saturated heterocycles. The quantitative estimate of drug-likeness (QED) is 0.589. The van der Waals surface area contributed by atoms with Crippen molar-refractivity contribution < 1.29 is 14.3 Å². The number of hydrogen-bond acceptors (Lipinski definition) is 3. The topological polar surface area (TPSA) is 35.5 Å². The van der Waals surface area contributed by atoms with Crippen LogP contribution < -0.4 is 9.47 Å². The van der Waals surface area contributed by atoms with Gasteiger partial charge in [-0.15, -0.1) is 11.6 Å². The summed E-state index contributed by atoms with van der Waals surface area (Å²) in [5.41, 5.74) is 0.596. The molecule has 1 unspecified atom stereocenters. The molecule has 0 spiro atoms. The average molecular weight is 277 g/mol. The third-order valence-corrected chi connectivity index (χ3v) is 2.84. The van der Waals surface area contributed by atoms with Gasteiger partial charge in [0, 0.05) is 0 Å². The van der Waals surface area contributed by atoms with E-state index in [2.05, 4.69) is 0 Å². The zero-order valence-corrected chi connectivity index (χ0v) is 11.2. The number of ether oxygens (including phenoxy) is 2. The van der Waals surface area contributed by atoms with E-state index in [-0.39, 0.29) is 0 Å². The Balaban J connectivity index is 3.04. The normalized spacial score (nSPS) is 12.0. The van der Waals surface area contributed by atoms with Crippen molar-refractivity contribution in [3.05, 3.63) is 23.8 Å². The van der Waals surface area contributed by atoms with E-state index >= 15 is 0 Å². The lowest BCUT2D eigenvalue weighted by Crippen LogP contribution is -2.02. The number of benzene rings is 1. The number of carbonyl (C=O) groups is 1. The minimum absolute atomic E-state index is 0.505. The smallest absolute Gasteiger partial charge is 0.244 e. The molecule has 0 radical (unpaired) electrons. The Morgan fingerprint density at radius 3 is 2.35 bits per heavy atom. The molecule has 17 heavy (non-hydrogen) atoms. The molecule has 0 aliphatic carbocycles. The summed E-state index contributed by atoms with van der Waals surface area (Å²) in [6.45, 7) is 4.80. The molecule has 0 fully saturated rings. The van der Waals surface area contributed by atoms with Gasteiger partial charge >= 0.3 is 0 Å². The van der Waals surface area contributed by atoms with Gasteiger partial charge in [0.25, 0.3) is 0 Å². The highest BCUT2D eigenvalue weighted by atomic mass is 35.5. The van der Waals surface area contributed by atoms with E-state index in [4.69, 9.17) is 32.7 Å². The monoisotopic (exact) mass is 276 g/mol. The average Bonchev–Trinajstić information content (AvgIpc) is 2.31. The fourth-order valence-corrected chi connectivity index (χ4v) is 1.62. The molecule has 3 nitrogen and oxygen atoms in total. The number of carbonyl (C=O) groups excluding carboxylic acids is 1. The SMILES string of the molecule is CCOc1ccc(C(Cl)C(=O)Cl)cc1OCC. The van der Waals surface area contributed by atoms with Gasteiger partial charge in [-0.2, -0.15) is 0 Å². The van der Waals surface area contributed by atoms with Gasteiger partial charge in [0.2, 0.25) is 5.24 Å². The number of hydrogen-bond donors (Lipinski definition) is 0. The van der Waals surface area contributed by atoms with E-state index < -0.39 is 10.6 Å². The van der Waals surface area contributed by atoms with E-state index in [1.54, 1.807) is 18.2 Å². The van der Waals surface area contributed by atoms with Gasteiger partial charge < -0.3 is 9.47 Å². The minimum atomic E-state index is -0.869. The minimum Gasteiger partial charge on any atom is -0.490 e. The Kier molecular flexibility index (Phi) is 5.59. The van der Waals surface area contributed by atoms with Crippen molar-refractivity contribution in [3.63, 3.8) is 0 Å². The maximum Gasteiger partial charge on any atom is 0.244 e. The number of alkyl halides is 1. The summed E-state index contributed by atoms with van der Waals surface area (Å²) < 4.78 is 10.8.